The molecular weight excluding hydrogens is 276 g/mol. The Hall–Kier alpha value is -2.49. The molecule has 0 spiro atoms. The van der Waals surface area contributed by atoms with Gasteiger partial charge >= 0.3 is 0 Å². The number of nitrogens with zero attached hydrogens (tertiary/aromatic N) is 1. The van der Waals surface area contributed by atoms with Crippen LogP contribution in [0.15, 0.2) is 47.6 Å². The fourth-order valence-corrected chi connectivity index (χ4v) is 1.96. The molecule has 116 valence electrons. The monoisotopic (exact) mass is 298 g/mol. The first-order valence-electron chi connectivity index (χ1n) is 7.48. The van der Waals surface area contributed by atoms with Gasteiger partial charge in [-0.1, -0.05) is 17.7 Å². The molecule has 4 heteroatoms. The van der Waals surface area contributed by atoms with Crippen molar-refractivity contribution >= 4 is 11.9 Å². The first kappa shape index (κ1) is 15.9. The van der Waals surface area contributed by atoms with Gasteiger partial charge in [0, 0.05) is 11.6 Å². The van der Waals surface area contributed by atoms with E-state index in [4.69, 9.17) is 9.47 Å². The van der Waals surface area contributed by atoms with E-state index in [2.05, 4.69) is 17.5 Å². The molecule has 4 nitrogen and oxygen atoms in total. The number of anilines is 1. The minimum absolute atomic E-state index is 0.599. The highest BCUT2D eigenvalue weighted by atomic mass is 16.5. The average molecular weight is 298 g/mol. The average Bonchev–Trinajstić information content (AvgIpc) is 2.52. The zero-order valence-electron chi connectivity index (χ0n) is 13.3. The number of aryl methyl sites for hydroxylation is 1. The van der Waals surface area contributed by atoms with E-state index in [0.29, 0.717) is 13.2 Å². The van der Waals surface area contributed by atoms with Gasteiger partial charge in [0.15, 0.2) is 0 Å². The van der Waals surface area contributed by atoms with Crippen LogP contribution in [-0.4, -0.2) is 19.4 Å². The molecule has 0 aliphatic rings. The number of hydrogen-bond acceptors (Lipinski definition) is 4. The van der Waals surface area contributed by atoms with Crippen molar-refractivity contribution in [2.24, 2.45) is 5.10 Å². The molecule has 0 aromatic heterocycles. The van der Waals surface area contributed by atoms with Gasteiger partial charge in [-0.15, -0.1) is 0 Å². The second-order valence-corrected chi connectivity index (χ2v) is 4.80. The highest BCUT2D eigenvalue weighted by Crippen LogP contribution is 2.24. The second kappa shape index (κ2) is 8.08. The number of benzene rings is 2. The summed E-state index contributed by atoms with van der Waals surface area (Å²) in [5.41, 5.74) is 6.09. The lowest BCUT2D eigenvalue weighted by Crippen LogP contribution is -1.99. The Balaban J connectivity index is 2.09. The predicted molar refractivity (Wildman–Crippen MR) is 91.2 cm³/mol. The number of rotatable bonds is 7. The lowest BCUT2D eigenvalue weighted by Gasteiger charge is -2.10. The maximum atomic E-state index is 5.64. The first-order valence-corrected chi connectivity index (χ1v) is 7.48. The third kappa shape index (κ3) is 4.52. The molecule has 0 saturated heterocycles. The lowest BCUT2D eigenvalue weighted by atomic mass is 10.2. The molecule has 0 radical (unpaired) electrons. The van der Waals surface area contributed by atoms with E-state index in [0.717, 1.165) is 22.7 Å². The highest BCUT2D eigenvalue weighted by molar-refractivity contribution is 5.84. The standard InChI is InChI=1S/C18H22N2O2/c1-4-21-17-11-8-15(18(12-17)22-5-2)13-19-20-16-9-6-14(3)7-10-16/h6-13,20H,4-5H2,1-3H3/b19-13+. The highest BCUT2D eigenvalue weighted by Gasteiger charge is 2.04. The third-order valence-corrected chi connectivity index (χ3v) is 3.04. The van der Waals surface area contributed by atoms with Gasteiger partial charge in [0.25, 0.3) is 0 Å². The van der Waals surface area contributed by atoms with Gasteiger partial charge in [0.05, 0.1) is 25.1 Å². The summed E-state index contributed by atoms with van der Waals surface area (Å²) < 4.78 is 11.1. The van der Waals surface area contributed by atoms with Crippen molar-refractivity contribution in [2.75, 3.05) is 18.6 Å². The summed E-state index contributed by atoms with van der Waals surface area (Å²) >= 11 is 0. The molecule has 0 bridgehead atoms. The topological polar surface area (TPSA) is 42.8 Å². The van der Waals surface area contributed by atoms with Crippen LogP contribution in [0.4, 0.5) is 5.69 Å². The van der Waals surface area contributed by atoms with E-state index >= 15 is 0 Å². The fraction of sp³-hybridized carbons (Fsp3) is 0.278. The number of nitrogens with one attached hydrogen (secondary N) is 1. The first-order chi connectivity index (χ1) is 10.7. The summed E-state index contributed by atoms with van der Waals surface area (Å²) in [7, 11) is 0. The largest absolute Gasteiger partial charge is 0.494 e. The quantitative estimate of drug-likeness (QED) is 0.614. The Labute approximate surface area is 131 Å². The van der Waals surface area contributed by atoms with Crippen molar-refractivity contribution in [1.29, 1.82) is 0 Å². The molecule has 2 rings (SSSR count). The van der Waals surface area contributed by atoms with Crippen LogP contribution in [0.1, 0.15) is 25.0 Å². The van der Waals surface area contributed by atoms with Crippen LogP contribution in [0.25, 0.3) is 0 Å². The molecule has 2 aromatic carbocycles. The van der Waals surface area contributed by atoms with E-state index in [9.17, 15) is 0 Å². The van der Waals surface area contributed by atoms with Crippen LogP contribution >= 0.6 is 0 Å². The fourth-order valence-electron chi connectivity index (χ4n) is 1.96. The van der Waals surface area contributed by atoms with Gasteiger partial charge in [-0.3, -0.25) is 5.43 Å². The van der Waals surface area contributed by atoms with Crippen molar-refractivity contribution in [3.63, 3.8) is 0 Å². The van der Waals surface area contributed by atoms with Gasteiger partial charge in [-0.25, -0.2) is 0 Å². The van der Waals surface area contributed by atoms with Crippen molar-refractivity contribution in [1.82, 2.24) is 0 Å². The SMILES string of the molecule is CCOc1ccc(/C=N/Nc2ccc(C)cc2)c(OCC)c1. The summed E-state index contributed by atoms with van der Waals surface area (Å²) in [5.74, 6) is 1.57. The zero-order chi connectivity index (χ0) is 15.8. The van der Waals surface area contributed by atoms with Crippen LogP contribution in [0.2, 0.25) is 0 Å². The number of hydrazone groups is 1. The smallest absolute Gasteiger partial charge is 0.131 e. The molecule has 2 aromatic rings. The molecular formula is C18H22N2O2. The Kier molecular flexibility index (Phi) is 5.83. The summed E-state index contributed by atoms with van der Waals surface area (Å²) in [4.78, 5) is 0. The van der Waals surface area contributed by atoms with E-state index in [1.54, 1.807) is 6.21 Å². The summed E-state index contributed by atoms with van der Waals surface area (Å²) in [6, 6.07) is 13.8. The lowest BCUT2D eigenvalue weighted by molar-refractivity contribution is 0.323. The molecule has 0 unspecified atom stereocenters. The Morgan fingerprint density at radius 2 is 1.73 bits per heavy atom. The molecule has 1 N–H and O–H groups in total. The zero-order valence-corrected chi connectivity index (χ0v) is 13.3. The van der Waals surface area contributed by atoms with Crippen molar-refractivity contribution in [2.45, 2.75) is 20.8 Å². The molecule has 0 saturated carbocycles. The summed E-state index contributed by atoms with van der Waals surface area (Å²) in [5, 5.41) is 4.26. The molecule has 0 amide bonds. The number of ether oxygens (including phenoxy) is 2. The normalized spacial score (nSPS) is 10.7. The van der Waals surface area contributed by atoms with Crippen molar-refractivity contribution in [3.8, 4) is 11.5 Å². The van der Waals surface area contributed by atoms with Crippen LogP contribution in [0, 0.1) is 6.92 Å². The molecule has 0 atom stereocenters. The minimum Gasteiger partial charge on any atom is -0.494 e. The van der Waals surface area contributed by atoms with Gasteiger partial charge in [-0.2, -0.15) is 5.10 Å². The van der Waals surface area contributed by atoms with Crippen LogP contribution in [-0.2, 0) is 0 Å². The summed E-state index contributed by atoms with van der Waals surface area (Å²) in [6.07, 6.45) is 1.75. The Morgan fingerprint density at radius 1 is 1.00 bits per heavy atom. The van der Waals surface area contributed by atoms with Crippen LogP contribution in [0.3, 0.4) is 0 Å². The van der Waals surface area contributed by atoms with E-state index in [1.807, 2.05) is 56.3 Å². The van der Waals surface area contributed by atoms with Gasteiger partial charge in [-0.05, 0) is 45.0 Å². The maximum Gasteiger partial charge on any atom is 0.131 e. The van der Waals surface area contributed by atoms with Gasteiger partial charge < -0.3 is 9.47 Å². The van der Waals surface area contributed by atoms with E-state index < -0.39 is 0 Å². The third-order valence-electron chi connectivity index (χ3n) is 3.04. The Morgan fingerprint density at radius 3 is 2.41 bits per heavy atom. The minimum atomic E-state index is 0.599. The van der Waals surface area contributed by atoms with E-state index in [1.165, 1.54) is 5.56 Å². The van der Waals surface area contributed by atoms with Crippen molar-refractivity contribution < 1.29 is 9.47 Å². The van der Waals surface area contributed by atoms with Crippen LogP contribution in [0.5, 0.6) is 11.5 Å². The summed E-state index contributed by atoms with van der Waals surface area (Å²) in [6.45, 7) is 7.21. The Bertz CT molecular complexity index is 621. The molecule has 0 aliphatic heterocycles. The second-order valence-electron chi connectivity index (χ2n) is 4.80. The maximum absolute atomic E-state index is 5.64. The van der Waals surface area contributed by atoms with Crippen molar-refractivity contribution in [3.05, 3.63) is 53.6 Å². The van der Waals surface area contributed by atoms with Gasteiger partial charge in [0.1, 0.15) is 11.5 Å². The molecule has 0 fully saturated rings. The van der Waals surface area contributed by atoms with Gasteiger partial charge in [0.2, 0.25) is 0 Å². The predicted octanol–water partition coefficient (Wildman–Crippen LogP) is 4.24. The molecule has 0 aliphatic carbocycles. The van der Waals surface area contributed by atoms with Crippen LogP contribution < -0.4 is 14.9 Å². The van der Waals surface area contributed by atoms with E-state index in [-0.39, 0.29) is 0 Å². The number of hydrogen-bond donors (Lipinski definition) is 1. The molecule has 22 heavy (non-hydrogen) atoms. The molecule has 0 heterocycles.